The van der Waals surface area contributed by atoms with E-state index in [1.807, 2.05) is 4.90 Å². The number of hydrogen-bond acceptors (Lipinski definition) is 6. The Morgan fingerprint density at radius 3 is 2.30 bits per heavy atom. The molecule has 0 spiro atoms. The molecule has 0 bridgehead atoms. The smallest absolute Gasteiger partial charge is 0.269 e. The van der Waals surface area contributed by atoms with Gasteiger partial charge in [-0.25, -0.2) is 4.90 Å². The maximum absolute atomic E-state index is 12.6. The Labute approximate surface area is 132 Å². The van der Waals surface area contributed by atoms with Crippen molar-refractivity contribution >= 4 is 23.2 Å². The zero-order valence-electron chi connectivity index (χ0n) is 12.4. The van der Waals surface area contributed by atoms with Crippen LogP contribution in [0.2, 0.25) is 0 Å². The van der Waals surface area contributed by atoms with Crippen LogP contribution in [-0.2, 0) is 9.59 Å². The Morgan fingerprint density at radius 2 is 1.74 bits per heavy atom. The fraction of sp³-hybridized carbons (Fsp3) is 0.467. The zero-order chi connectivity index (χ0) is 16.6. The third kappa shape index (κ3) is 2.95. The summed E-state index contributed by atoms with van der Waals surface area (Å²) in [5.41, 5.74) is 0.263. The first-order valence-electron chi connectivity index (χ1n) is 7.51. The molecule has 2 saturated heterocycles. The normalized spacial score (nSPS) is 23.5. The Balaban J connectivity index is 1.77. The van der Waals surface area contributed by atoms with Crippen LogP contribution < -0.4 is 4.90 Å². The lowest BCUT2D eigenvalue weighted by atomic mass is 10.1. The summed E-state index contributed by atoms with van der Waals surface area (Å²) in [6.07, 6.45) is 0.945. The van der Waals surface area contributed by atoms with Gasteiger partial charge < -0.3 is 5.11 Å². The summed E-state index contributed by atoms with van der Waals surface area (Å²) in [7, 11) is 0. The number of nitro benzene ring substituents is 1. The highest BCUT2D eigenvalue weighted by Crippen LogP contribution is 2.28. The van der Waals surface area contributed by atoms with E-state index in [1.165, 1.54) is 24.3 Å². The molecule has 1 aromatic carbocycles. The Bertz CT molecular complexity index is 637. The first kappa shape index (κ1) is 15.6. The van der Waals surface area contributed by atoms with Crippen molar-refractivity contribution in [3.05, 3.63) is 34.4 Å². The number of carbonyl (C=O) groups excluding carboxylic acids is 2. The second-order valence-corrected chi connectivity index (χ2v) is 5.83. The molecular weight excluding hydrogens is 302 g/mol. The van der Waals surface area contributed by atoms with Gasteiger partial charge in [0.1, 0.15) is 0 Å². The van der Waals surface area contributed by atoms with E-state index in [-0.39, 0.29) is 30.0 Å². The molecule has 2 aliphatic rings. The highest BCUT2D eigenvalue weighted by atomic mass is 16.6. The molecule has 0 unspecified atom stereocenters. The van der Waals surface area contributed by atoms with Crippen LogP contribution in [0, 0.1) is 10.1 Å². The monoisotopic (exact) mass is 319 g/mol. The molecule has 0 saturated carbocycles. The number of nitrogens with zero attached hydrogens (tertiary/aromatic N) is 3. The molecule has 0 radical (unpaired) electrons. The van der Waals surface area contributed by atoms with Crippen molar-refractivity contribution in [2.45, 2.75) is 31.4 Å². The van der Waals surface area contributed by atoms with Crippen LogP contribution in [0.1, 0.15) is 19.3 Å². The van der Waals surface area contributed by atoms with Gasteiger partial charge in [0.15, 0.2) is 0 Å². The number of amides is 2. The lowest BCUT2D eigenvalue weighted by Crippen LogP contribution is -2.46. The number of non-ortho nitro benzene ring substituents is 1. The number of imide groups is 1. The van der Waals surface area contributed by atoms with Crippen LogP contribution in [0.25, 0.3) is 0 Å². The molecule has 1 atom stereocenters. The second-order valence-electron chi connectivity index (χ2n) is 5.83. The number of benzene rings is 1. The Hall–Kier alpha value is -2.32. The third-order valence-electron chi connectivity index (χ3n) is 4.38. The van der Waals surface area contributed by atoms with Crippen LogP contribution in [0.5, 0.6) is 0 Å². The summed E-state index contributed by atoms with van der Waals surface area (Å²) in [5, 5.41) is 20.2. The molecular formula is C15H17N3O5. The molecule has 2 aliphatic heterocycles. The minimum Gasteiger partial charge on any atom is -0.393 e. The number of carbonyl (C=O) groups is 2. The number of aliphatic hydroxyl groups is 1. The summed E-state index contributed by atoms with van der Waals surface area (Å²) in [4.78, 5) is 38.0. The van der Waals surface area contributed by atoms with E-state index in [2.05, 4.69) is 0 Å². The Morgan fingerprint density at radius 1 is 1.13 bits per heavy atom. The number of likely N-dealkylation sites (tertiary alicyclic amines) is 1. The van der Waals surface area contributed by atoms with Crippen LogP contribution in [0.3, 0.4) is 0 Å². The molecule has 3 rings (SSSR count). The fourth-order valence-electron chi connectivity index (χ4n) is 3.09. The lowest BCUT2D eigenvalue weighted by molar-refractivity contribution is -0.384. The van der Waals surface area contributed by atoms with E-state index in [4.69, 9.17) is 0 Å². The van der Waals surface area contributed by atoms with Crippen molar-refractivity contribution < 1.29 is 19.6 Å². The third-order valence-corrected chi connectivity index (χ3v) is 4.38. The summed E-state index contributed by atoms with van der Waals surface area (Å²) < 4.78 is 0. The van der Waals surface area contributed by atoms with Gasteiger partial charge in [-0.1, -0.05) is 0 Å². The number of anilines is 1. The molecule has 23 heavy (non-hydrogen) atoms. The topological polar surface area (TPSA) is 104 Å². The van der Waals surface area contributed by atoms with E-state index in [0.29, 0.717) is 31.6 Å². The molecule has 0 aliphatic carbocycles. The fourth-order valence-corrected chi connectivity index (χ4v) is 3.09. The quantitative estimate of drug-likeness (QED) is 0.499. The van der Waals surface area contributed by atoms with Gasteiger partial charge in [0.25, 0.3) is 11.6 Å². The molecule has 8 nitrogen and oxygen atoms in total. The summed E-state index contributed by atoms with van der Waals surface area (Å²) >= 11 is 0. The van der Waals surface area contributed by atoms with E-state index in [1.54, 1.807) is 0 Å². The van der Waals surface area contributed by atoms with Crippen LogP contribution >= 0.6 is 0 Å². The van der Waals surface area contributed by atoms with Crippen molar-refractivity contribution in [3.8, 4) is 0 Å². The SMILES string of the molecule is O=C1C[C@H](N2CCC(O)CC2)C(=O)N1c1ccc([N+](=O)[O-])cc1. The standard InChI is InChI=1S/C15H17N3O5/c19-12-5-7-16(8-6-12)13-9-14(20)17(15(13)21)10-1-3-11(4-2-10)18(22)23/h1-4,12-13,19H,5-9H2/t13-/m0/s1. The van der Waals surface area contributed by atoms with Crippen molar-refractivity contribution in [2.75, 3.05) is 18.0 Å². The molecule has 2 amide bonds. The van der Waals surface area contributed by atoms with Gasteiger partial charge in [-0.3, -0.25) is 24.6 Å². The minimum absolute atomic E-state index is 0.0885. The van der Waals surface area contributed by atoms with Gasteiger partial charge in [-0.2, -0.15) is 0 Å². The van der Waals surface area contributed by atoms with Crippen molar-refractivity contribution in [1.82, 2.24) is 4.90 Å². The van der Waals surface area contributed by atoms with Crippen LogP contribution in [-0.4, -0.2) is 52.0 Å². The average Bonchev–Trinajstić information content (AvgIpc) is 2.83. The van der Waals surface area contributed by atoms with Crippen LogP contribution in [0.15, 0.2) is 24.3 Å². The Kier molecular flexibility index (Phi) is 4.10. The highest BCUT2D eigenvalue weighted by molar-refractivity contribution is 6.22. The second kappa shape index (κ2) is 6.05. The van der Waals surface area contributed by atoms with Crippen molar-refractivity contribution in [1.29, 1.82) is 0 Å². The average molecular weight is 319 g/mol. The van der Waals surface area contributed by atoms with E-state index < -0.39 is 11.0 Å². The molecule has 2 heterocycles. The van der Waals surface area contributed by atoms with Gasteiger partial charge in [0.2, 0.25) is 5.91 Å². The van der Waals surface area contributed by atoms with Gasteiger partial charge in [-0.05, 0) is 25.0 Å². The molecule has 2 fully saturated rings. The molecule has 8 heteroatoms. The first-order chi connectivity index (χ1) is 11.0. The molecule has 1 N–H and O–H groups in total. The van der Waals surface area contributed by atoms with Gasteiger partial charge >= 0.3 is 0 Å². The number of rotatable bonds is 3. The van der Waals surface area contributed by atoms with Crippen molar-refractivity contribution in [3.63, 3.8) is 0 Å². The lowest BCUT2D eigenvalue weighted by Gasteiger charge is -2.32. The van der Waals surface area contributed by atoms with E-state index >= 15 is 0 Å². The number of hydrogen-bond donors (Lipinski definition) is 1. The van der Waals surface area contributed by atoms with E-state index in [9.17, 15) is 24.8 Å². The highest BCUT2D eigenvalue weighted by Gasteiger charge is 2.43. The molecule has 1 aromatic rings. The molecule has 0 aromatic heterocycles. The molecule has 122 valence electrons. The largest absolute Gasteiger partial charge is 0.393 e. The summed E-state index contributed by atoms with van der Waals surface area (Å²) in [5.74, 6) is -0.611. The minimum atomic E-state index is -0.529. The predicted octanol–water partition coefficient (Wildman–Crippen LogP) is 0.683. The van der Waals surface area contributed by atoms with Gasteiger partial charge in [-0.15, -0.1) is 0 Å². The van der Waals surface area contributed by atoms with Gasteiger partial charge in [0.05, 0.1) is 29.2 Å². The maximum Gasteiger partial charge on any atom is 0.269 e. The van der Waals surface area contributed by atoms with Crippen molar-refractivity contribution in [2.24, 2.45) is 0 Å². The van der Waals surface area contributed by atoms with Gasteiger partial charge in [0, 0.05) is 25.2 Å². The van der Waals surface area contributed by atoms with Crippen LogP contribution in [0.4, 0.5) is 11.4 Å². The first-order valence-corrected chi connectivity index (χ1v) is 7.51. The number of aliphatic hydroxyl groups excluding tert-OH is 1. The van der Waals surface area contributed by atoms with E-state index in [0.717, 1.165) is 4.90 Å². The number of nitro groups is 1. The predicted molar refractivity (Wildman–Crippen MR) is 80.8 cm³/mol. The maximum atomic E-state index is 12.6. The number of piperidine rings is 1. The zero-order valence-corrected chi connectivity index (χ0v) is 12.4. The summed E-state index contributed by atoms with van der Waals surface area (Å²) in [6, 6.07) is 4.87. The summed E-state index contributed by atoms with van der Waals surface area (Å²) in [6.45, 7) is 1.16.